The van der Waals surface area contributed by atoms with Crippen molar-refractivity contribution in [3.63, 3.8) is 0 Å². The minimum Gasteiger partial charge on any atom is -0.486 e. The molecule has 0 radical (unpaired) electrons. The largest absolute Gasteiger partial charge is 0.486 e. The normalized spacial score (nSPS) is 10.8. The van der Waals surface area contributed by atoms with Crippen molar-refractivity contribution in [1.82, 2.24) is 9.88 Å². The summed E-state index contributed by atoms with van der Waals surface area (Å²) in [5, 5.41) is 2.79. The minimum atomic E-state index is -0.356. The molecule has 6 heteroatoms. The summed E-state index contributed by atoms with van der Waals surface area (Å²) in [6.07, 6.45) is 0. The Hall–Kier alpha value is -2.73. The fourth-order valence-electron chi connectivity index (χ4n) is 2.57. The van der Waals surface area contributed by atoms with Gasteiger partial charge in [0.1, 0.15) is 23.2 Å². The number of carbonyl (C=O) groups is 1. The zero-order valence-electron chi connectivity index (χ0n) is 15.3. The first-order chi connectivity index (χ1) is 13.0. The van der Waals surface area contributed by atoms with Gasteiger partial charge in [-0.1, -0.05) is 18.2 Å². The molecule has 0 bridgehead atoms. The Labute approximate surface area is 162 Å². The molecular weight excluding hydrogens is 363 g/mol. The summed E-state index contributed by atoms with van der Waals surface area (Å²) in [7, 11) is 0. The lowest BCUT2D eigenvalue weighted by molar-refractivity contribution is 0.0688. The van der Waals surface area contributed by atoms with Gasteiger partial charge in [0.2, 0.25) is 0 Å². The predicted octanol–water partition coefficient (Wildman–Crippen LogP) is 4.91. The van der Waals surface area contributed by atoms with Gasteiger partial charge in [-0.2, -0.15) is 0 Å². The number of hydrogen-bond donors (Lipinski definition) is 0. The molecule has 2 aromatic carbocycles. The molecule has 0 aliphatic rings. The molecule has 0 aliphatic heterocycles. The molecule has 0 aliphatic carbocycles. The van der Waals surface area contributed by atoms with Crippen molar-refractivity contribution in [2.45, 2.75) is 33.0 Å². The summed E-state index contributed by atoms with van der Waals surface area (Å²) in [5.41, 5.74) is 1.28. The fraction of sp³-hybridized carbons (Fsp3) is 0.238. The molecule has 3 rings (SSSR count). The molecule has 27 heavy (non-hydrogen) atoms. The molecule has 1 heterocycles. The van der Waals surface area contributed by atoms with Gasteiger partial charge in [-0.15, -0.1) is 11.3 Å². The van der Waals surface area contributed by atoms with E-state index in [-0.39, 0.29) is 17.8 Å². The van der Waals surface area contributed by atoms with E-state index in [1.54, 1.807) is 4.90 Å². The second kappa shape index (κ2) is 8.77. The van der Waals surface area contributed by atoms with Crippen LogP contribution in [0.1, 0.15) is 34.9 Å². The quantitative estimate of drug-likeness (QED) is 0.581. The maximum Gasteiger partial charge on any atom is 0.254 e. The Balaban J connectivity index is 1.65. The third-order valence-corrected chi connectivity index (χ3v) is 4.88. The molecule has 0 N–H and O–H groups in total. The fourth-order valence-corrected chi connectivity index (χ4v) is 3.27. The van der Waals surface area contributed by atoms with Crippen molar-refractivity contribution in [2.24, 2.45) is 0 Å². The van der Waals surface area contributed by atoms with Crippen molar-refractivity contribution < 1.29 is 13.9 Å². The van der Waals surface area contributed by atoms with Crippen LogP contribution in [-0.4, -0.2) is 21.8 Å². The van der Waals surface area contributed by atoms with Crippen molar-refractivity contribution in [1.29, 1.82) is 0 Å². The average Bonchev–Trinajstić information content (AvgIpc) is 3.13. The van der Waals surface area contributed by atoms with Crippen molar-refractivity contribution in [3.05, 3.63) is 82.1 Å². The first kappa shape index (κ1) is 19.0. The predicted molar refractivity (Wildman–Crippen MR) is 104 cm³/mol. The summed E-state index contributed by atoms with van der Waals surface area (Å²) in [6, 6.07) is 15.2. The molecule has 0 atom stereocenters. The van der Waals surface area contributed by atoms with Crippen LogP contribution < -0.4 is 4.74 Å². The van der Waals surface area contributed by atoms with E-state index in [9.17, 15) is 9.18 Å². The number of amides is 1. The average molecular weight is 384 g/mol. The van der Waals surface area contributed by atoms with Crippen LogP contribution in [0.3, 0.4) is 0 Å². The molecule has 3 aromatic rings. The van der Waals surface area contributed by atoms with Gasteiger partial charge < -0.3 is 9.64 Å². The number of nitrogens with zero attached hydrogens (tertiary/aromatic N) is 2. The van der Waals surface area contributed by atoms with Gasteiger partial charge in [0.15, 0.2) is 0 Å². The van der Waals surface area contributed by atoms with Crippen LogP contribution in [0.15, 0.2) is 60.0 Å². The van der Waals surface area contributed by atoms with E-state index >= 15 is 0 Å². The van der Waals surface area contributed by atoms with Crippen LogP contribution in [-0.2, 0) is 13.2 Å². The highest BCUT2D eigenvalue weighted by molar-refractivity contribution is 7.09. The van der Waals surface area contributed by atoms with E-state index in [4.69, 9.17) is 4.74 Å². The van der Waals surface area contributed by atoms with Crippen molar-refractivity contribution in [3.8, 4) is 5.75 Å². The van der Waals surface area contributed by atoms with Gasteiger partial charge in [0.05, 0.1) is 12.2 Å². The highest BCUT2D eigenvalue weighted by Gasteiger charge is 2.20. The lowest BCUT2D eigenvalue weighted by Gasteiger charge is -2.26. The molecule has 4 nitrogen and oxygen atoms in total. The lowest BCUT2D eigenvalue weighted by atomic mass is 10.1. The van der Waals surface area contributed by atoms with E-state index in [0.717, 1.165) is 16.5 Å². The molecule has 0 saturated heterocycles. The minimum absolute atomic E-state index is 0.00623. The van der Waals surface area contributed by atoms with Crippen LogP contribution in [0, 0.1) is 5.82 Å². The highest BCUT2D eigenvalue weighted by Crippen LogP contribution is 2.18. The molecule has 0 saturated carbocycles. The van der Waals surface area contributed by atoms with E-state index in [0.29, 0.717) is 18.7 Å². The number of rotatable bonds is 7. The summed E-state index contributed by atoms with van der Waals surface area (Å²) in [4.78, 5) is 19.1. The van der Waals surface area contributed by atoms with Gasteiger partial charge in [0.25, 0.3) is 5.91 Å². The second-order valence-corrected chi connectivity index (χ2v) is 7.31. The zero-order valence-corrected chi connectivity index (χ0v) is 16.1. The number of hydrogen-bond acceptors (Lipinski definition) is 4. The summed E-state index contributed by atoms with van der Waals surface area (Å²) in [5.74, 6) is 0.301. The van der Waals surface area contributed by atoms with Gasteiger partial charge in [0, 0.05) is 17.0 Å². The van der Waals surface area contributed by atoms with Crippen molar-refractivity contribution in [2.75, 3.05) is 0 Å². The van der Waals surface area contributed by atoms with Gasteiger partial charge in [-0.25, -0.2) is 9.37 Å². The van der Waals surface area contributed by atoms with Crippen molar-refractivity contribution >= 4 is 17.2 Å². The zero-order chi connectivity index (χ0) is 19.2. The monoisotopic (exact) mass is 384 g/mol. The van der Waals surface area contributed by atoms with Gasteiger partial charge >= 0.3 is 0 Å². The summed E-state index contributed by atoms with van der Waals surface area (Å²) >= 11 is 1.51. The number of halogens is 1. The summed E-state index contributed by atoms with van der Waals surface area (Å²) in [6.45, 7) is 4.69. The molecule has 0 spiro atoms. The topological polar surface area (TPSA) is 42.4 Å². The smallest absolute Gasteiger partial charge is 0.254 e. The number of thiazole rings is 1. The third kappa shape index (κ3) is 5.14. The van der Waals surface area contributed by atoms with E-state index in [1.165, 1.54) is 35.6 Å². The Kier molecular flexibility index (Phi) is 6.19. The van der Waals surface area contributed by atoms with Crippen LogP contribution in [0.4, 0.5) is 4.39 Å². The third-order valence-electron chi connectivity index (χ3n) is 4.01. The number of benzene rings is 2. The van der Waals surface area contributed by atoms with Gasteiger partial charge in [-0.05, 0) is 50.2 Å². The first-order valence-corrected chi connectivity index (χ1v) is 9.58. The van der Waals surface area contributed by atoms with Crippen LogP contribution in [0.25, 0.3) is 0 Å². The SMILES string of the molecule is CC(C)N(Cc1csc(COc2ccccc2)n1)C(=O)c1ccc(F)cc1. The standard InChI is InChI=1S/C21H21FN2O2S/c1-15(2)24(21(25)16-8-10-17(22)11-9-16)12-18-14-27-20(23-18)13-26-19-6-4-3-5-7-19/h3-11,14-15H,12-13H2,1-2H3. The van der Waals surface area contributed by atoms with E-state index in [2.05, 4.69) is 4.98 Å². The molecule has 0 unspecified atom stereocenters. The first-order valence-electron chi connectivity index (χ1n) is 8.70. The Morgan fingerprint density at radius 1 is 1.15 bits per heavy atom. The van der Waals surface area contributed by atoms with Crippen LogP contribution in [0.5, 0.6) is 5.75 Å². The molecule has 1 aromatic heterocycles. The molecule has 1 amide bonds. The lowest BCUT2D eigenvalue weighted by Crippen LogP contribution is -2.36. The Morgan fingerprint density at radius 2 is 1.85 bits per heavy atom. The second-order valence-electron chi connectivity index (χ2n) is 6.37. The van der Waals surface area contributed by atoms with Crippen LogP contribution >= 0.6 is 11.3 Å². The molecule has 140 valence electrons. The Morgan fingerprint density at radius 3 is 2.52 bits per heavy atom. The van der Waals surface area contributed by atoms with E-state index < -0.39 is 0 Å². The number of ether oxygens (including phenoxy) is 1. The molecular formula is C21H21FN2O2S. The maximum absolute atomic E-state index is 13.1. The number of para-hydroxylation sites is 1. The van der Waals surface area contributed by atoms with Crippen LogP contribution in [0.2, 0.25) is 0 Å². The van der Waals surface area contributed by atoms with Gasteiger partial charge in [-0.3, -0.25) is 4.79 Å². The summed E-state index contributed by atoms with van der Waals surface area (Å²) < 4.78 is 18.8. The number of aromatic nitrogens is 1. The number of carbonyl (C=O) groups excluding carboxylic acids is 1. The maximum atomic E-state index is 13.1. The highest BCUT2D eigenvalue weighted by atomic mass is 32.1. The molecule has 0 fully saturated rings. The van der Waals surface area contributed by atoms with E-state index in [1.807, 2.05) is 49.6 Å². The Bertz CT molecular complexity index is 879.